The summed E-state index contributed by atoms with van der Waals surface area (Å²) in [5, 5.41) is 10.0. The molecule has 0 amide bonds. The number of halogens is 2. The van der Waals surface area contributed by atoms with Crippen LogP contribution in [0.2, 0.25) is 0 Å². The van der Waals surface area contributed by atoms with Crippen LogP contribution in [-0.2, 0) is 0 Å². The van der Waals surface area contributed by atoms with E-state index < -0.39 is 5.82 Å². The van der Waals surface area contributed by atoms with Crippen molar-refractivity contribution in [1.82, 2.24) is 0 Å². The average molecular weight is 247 g/mol. The highest BCUT2D eigenvalue weighted by Gasteiger charge is 2.05. The second-order valence-electron chi connectivity index (χ2n) is 2.39. The third-order valence-electron chi connectivity index (χ3n) is 1.53. The number of benzene rings is 1. The maximum absolute atomic E-state index is 12.7. The van der Waals surface area contributed by atoms with Gasteiger partial charge in [-0.05, 0) is 28.1 Å². The van der Waals surface area contributed by atoms with E-state index in [1.165, 1.54) is 17.4 Å². The van der Waals surface area contributed by atoms with Crippen molar-refractivity contribution in [3.8, 4) is 5.75 Å². The van der Waals surface area contributed by atoms with Crippen molar-refractivity contribution in [2.45, 2.75) is 0 Å². The number of aromatic hydroxyl groups is 1. The number of hydrogen-bond donors (Lipinski definition) is 1. The lowest BCUT2D eigenvalue weighted by Crippen LogP contribution is -1.71. The van der Waals surface area contributed by atoms with Crippen molar-refractivity contribution in [2.75, 3.05) is 0 Å². The largest absolute Gasteiger partial charge is 0.506 e. The molecule has 12 heavy (non-hydrogen) atoms. The predicted molar refractivity (Wildman–Crippen MR) is 51.1 cm³/mol. The van der Waals surface area contributed by atoms with Gasteiger partial charge in [0.1, 0.15) is 11.6 Å². The molecular weight excluding hydrogens is 243 g/mol. The lowest BCUT2D eigenvalue weighted by molar-refractivity contribution is 0.476. The van der Waals surface area contributed by atoms with Gasteiger partial charge < -0.3 is 5.11 Å². The minimum absolute atomic E-state index is 0.000648. The summed E-state index contributed by atoms with van der Waals surface area (Å²) in [4.78, 5) is 0. The molecule has 1 heterocycles. The van der Waals surface area contributed by atoms with Crippen LogP contribution in [0.5, 0.6) is 5.75 Å². The Kier molecular flexibility index (Phi) is 1.81. The number of hydrogen-bond acceptors (Lipinski definition) is 2. The minimum Gasteiger partial charge on any atom is -0.506 e. The van der Waals surface area contributed by atoms with E-state index in [0.29, 0.717) is 4.70 Å². The summed E-state index contributed by atoms with van der Waals surface area (Å²) in [7, 11) is 0. The molecule has 0 fully saturated rings. The molecule has 0 radical (unpaired) electrons. The third-order valence-corrected chi connectivity index (χ3v) is 3.21. The highest BCUT2D eigenvalue weighted by molar-refractivity contribution is 9.11. The SMILES string of the molecule is Oc1cc(F)cc2cc(Br)sc12. The van der Waals surface area contributed by atoms with Crippen molar-refractivity contribution in [3.05, 3.63) is 27.8 Å². The molecule has 0 aliphatic rings. The monoisotopic (exact) mass is 246 g/mol. The Morgan fingerprint density at radius 2 is 2.08 bits per heavy atom. The van der Waals surface area contributed by atoms with Crippen LogP contribution in [0, 0.1) is 5.82 Å². The topological polar surface area (TPSA) is 20.2 Å². The van der Waals surface area contributed by atoms with Gasteiger partial charge in [0.15, 0.2) is 0 Å². The van der Waals surface area contributed by atoms with E-state index in [1.807, 2.05) is 0 Å². The van der Waals surface area contributed by atoms with Gasteiger partial charge in [-0.3, -0.25) is 0 Å². The number of fused-ring (bicyclic) bond motifs is 1. The van der Waals surface area contributed by atoms with Crippen LogP contribution in [0.25, 0.3) is 10.1 Å². The van der Waals surface area contributed by atoms with E-state index in [-0.39, 0.29) is 5.75 Å². The fourth-order valence-corrected chi connectivity index (χ4v) is 2.58. The summed E-state index contributed by atoms with van der Waals surface area (Å²) in [6.45, 7) is 0. The minimum atomic E-state index is -0.412. The van der Waals surface area contributed by atoms with Crippen LogP contribution >= 0.6 is 27.3 Å². The van der Waals surface area contributed by atoms with Crippen LogP contribution in [0.3, 0.4) is 0 Å². The summed E-state index contributed by atoms with van der Waals surface area (Å²) in [5.74, 6) is -0.411. The van der Waals surface area contributed by atoms with Gasteiger partial charge >= 0.3 is 0 Å². The van der Waals surface area contributed by atoms with Gasteiger partial charge in [-0.15, -0.1) is 11.3 Å². The molecule has 2 aromatic rings. The lowest BCUT2D eigenvalue weighted by atomic mass is 10.2. The fraction of sp³-hybridized carbons (Fsp3) is 0. The summed E-state index contributed by atoms with van der Waals surface area (Å²) in [6, 6.07) is 4.30. The Morgan fingerprint density at radius 1 is 1.33 bits per heavy atom. The van der Waals surface area contributed by atoms with Crippen LogP contribution in [-0.4, -0.2) is 5.11 Å². The smallest absolute Gasteiger partial charge is 0.136 e. The predicted octanol–water partition coefficient (Wildman–Crippen LogP) is 3.51. The van der Waals surface area contributed by atoms with Gasteiger partial charge in [0.05, 0.1) is 8.49 Å². The van der Waals surface area contributed by atoms with Gasteiger partial charge in [-0.2, -0.15) is 0 Å². The molecule has 0 atom stereocenters. The standard InChI is InChI=1S/C8H4BrFOS/c9-7-2-4-1-5(10)3-6(11)8(4)12-7/h1-3,11H. The Hall–Kier alpha value is -0.610. The second-order valence-corrected chi connectivity index (χ2v) is 4.83. The maximum atomic E-state index is 12.7. The van der Waals surface area contributed by atoms with Gasteiger partial charge in [0.2, 0.25) is 0 Å². The average Bonchev–Trinajstić information content (AvgIpc) is 2.29. The number of phenolic OH excluding ortho intramolecular Hbond substituents is 1. The van der Waals surface area contributed by atoms with E-state index in [1.54, 1.807) is 6.07 Å². The van der Waals surface area contributed by atoms with Crippen molar-refractivity contribution in [3.63, 3.8) is 0 Å². The first kappa shape index (κ1) is 8.01. The van der Waals surface area contributed by atoms with Gasteiger partial charge in [0.25, 0.3) is 0 Å². The van der Waals surface area contributed by atoms with E-state index in [0.717, 1.165) is 15.2 Å². The van der Waals surface area contributed by atoms with E-state index >= 15 is 0 Å². The molecule has 0 aliphatic heterocycles. The van der Waals surface area contributed by atoms with Gasteiger partial charge in [-0.1, -0.05) is 0 Å². The second kappa shape index (κ2) is 2.71. The molecule has 0 saturated heterocycles. The molecule has 0 unspecified atom stereocenters. The molecule has 2 rings (SSSR count). The van der Waals surface area contributed by atoms with Gasteiger partial charge in [0, 0.05) is 11.5 Å². The third kappa shape index (κ3) is 1.21. The van der Waals surface area contributed by atoms with Gasteiger partial charge in [-0.25, -0.2) is 4.39 Å². The van der Waals surface area contributed by atoms with E-state index in [2.05, 4.69) is 15.9 Å². The molecule has 0 aliphatic carbocycles. The first-order valence-electron chi connectivity index (χ1n) is 3.24. The first-order valence-corrected chi connectivity index (χ1v) is 4.85. The lowest BCUT2D eigenvalue weighted by Gasteiger charge is -1.93. The zero-order valence-electron chi connectivity index (χ0n) is 5.84. The van der Waals surface area contributed by atoms with Crippen LogP contribution in [0.15, 0.2) is 22.0 Å². The van der Waals surface area contributed by atoms with Crippen molar-refractivity contribution >= 4 is 37.4 Å². The summed E-state index contributed by atoms with van der Waals surface area (Å²) in [6.07, 6.45) is 0. The van der Waals surface area contributed by atoms with Crippen LogP contribution < -0.4 is 0 Å². The van der Waals surface area contributed by atoms with Crippen LogP contribution in [0.1, 0.15) is 0 Å². The molecule has 0 spiro atoms. The Morgan fingerprint density at radius 3 is 2.83 bits per heavy atom. The summed E-state index contributed by atoms with van der Waals surface area (Å²) >= 11 is 4.66. The van der Waals surface area contributed by atoms with E-state index in [4.69, 9.17) is 0 Å². The Bertz CT molecular complexity index is 438. The molecule has 0 bridgehead atoms. The molecular formula is C8H4BrFOS. The highest BCUT2D eigenvalue weighted by Crippen LogP contribution is 2.36. The molecule has 62 valence electrons. The zero-order chi connectivity index (χ0) is 8.72. The number of rotatable bonds is 0. The highest BCUT2D eigenvalue weighted by atomic mass is 79.9. The molecule has 1 nitrogen and oxygen atoms in total. The number of phenols is 1. The maximum Gasteiger partial charge on any atom is 0.136 e. The Labute approximate surface area is 80.6 Å². The first-order chi connectivity index (χ1) is 5.66. The quantitative estimate of drug-likeness (QED) is 0.755. The van der Waals surface area contributed by atoms with Crippen molar-refractivity contribution in [1.29, 1.82) is 0 Å². The molecule has 1 aromatic heterocycles. The zero-order valence-corrected chi connectivity index (χ0v) is 8.25. The molecule has 1 aromatic carbocycles. The Balaban J connectivity index is 2.88. The number of thiophene rings is 1. The molecule has 4 heteroatoms. The summed E-state index contributed by atoms with van der Waals surface area (Å²) < 4.78 is 14.3. The van der Waals surface area contributed by atoms with Crippen molar-refractivity contribution in [2.24, 2.45) is 0 Å². The van der Waals surface area contributed by atoms with Crippen LogP contribution in [0.4, 0.5) is 4.39 Å². The molecule has 0 saturated carbocycles. The van der Waals surface area contributed by atoms with Crippen molar-refractivity contribution < 1.29 is 9.50 Å². The fourth-order valence-electron chi connectivity index (χ4n) is 1.07. The van der Waals surface area contributed by atoms with E-state index in [9.17, 15) is 9.50 Å². The molecule has 1 N–H and O–H groups in total. The normalized spacial score (nSPS) is 10.8. The summed E-state index contributed by atoms with van der Waals surface area (Å²) in [5.41, 5.74) is 0.